The lowest BCUT2D eigenvalue weighted by Gasteiger charge is -2.52. The minimum Gasteiger partial charge on any atom is -0.389 e. The molecule has 31 heavy (non-hydrogen) atoms. The Kier molecular flexibility index (Phi) is 7.22. The molecule has 2 heterocycles. The molecule has 2 saturated heterocycles. The van der Waals surface area contributed by atoms with Crippen molar-refractivity contribution in [1.82, 2.24) is 9.80 Å². The Balaban J connectivity index is 1.58. The van der Waals surface area contributed by atoms with Gasteiger partial charge in [0.2, 0.25) is 5.91 Å². The maximum Gasteiger partial charge on any atom is 0.236 e. The van der Waals surface area contributed by atoms with Crippen LogP contribution in [-0.4, -0.2) is 65.7 Å². The summed E-state index contributed by atoms with van der Waals surface area (Å²) in [4.78, 5) is 19.9. The predicted octanol–water partition coefficient (Wildman–Crippen LogP) is 4.21. The summed E-state index contributed by atoms with van der Waals surface area (Å²) in [5, 5.41) is 11.5. The van der Waals surface area contributed by atoms with Crippen molar-refractivity contribution in [3.05, 3.63) is 29.8 Å². The zero-order valence-electron chi connectivity index (χ0n) is 19.6. The van der Waals surface area contributed by atoms with Gasteiger partial charge >= 0.3 is 0 Å². The Morgan fingerprint density at radius 2 is 1.71 bits per heavy atom. The number of hydrogen-bond acceptors (Lipinski definition) is 4. The van der Waals surface area contributed by atoms with E-state index in [-0.39, 0.29) is 17.9 Å². The van der Waals surface area contributed by atoms with E-state index >= 15 is 0 Å². The molecule has 172 valence electrons. The molecule has 1 aliphatic carbocycles. The van der Waals surface area contributed by atoms with Crippen molar-refractivity contribution in [1.29, 1.82) is 0 Å². The Morgan fingerprint density at radius 3 is 2.39 bits per heavy atom. The summed E-state index contributed by atoms with van der Waals surface area (Å²) in [6, 6.07) is 9.07. The first-order valence-electron chi connectivity index (χ1n) is 12.6. The van der Waals surface area contributed by atoms with Crippen LogP contribution >= 0.6 is 0 Å². The molecule has 4 rings (SSSR count). The summed E-state index contributed by atoms with van der Waals surface area (Å²) in [7, 11) is 0. The number of amides is 1. The lowest BCUT2D eigenvalue weighted by Crippen LogP contribution is -2.56. The van der Waals surface area contributed by atoms with Gasteiger partial charge in [0.25, 0.3) is 0 Å². The van der Waals surface area contributed by atoms with Crippen molar-refractivity contribution in [3.8, 4) is 0 Å². The molecular formula is C26H41N3O2. The highest BCUT2D eigenvalue weighted by atomic mass is 16.3. The van der Waals surface area contributed by atoms with Crippen molar-refractivity contribution in [2.45, 2.75) is 76.9 Å². The summed E-state index contributed by atoms with van der Waals surface area (Å²) in [6.45, 7) is 9.47. The first-order chi connectivity index (χ1) is 15.1. The highest BCUT2D eigenvalue weighted by Crippen LogP contribution is 2.49. The van der Waals surface area contributed by atoms with Crippen molar-refractivity contribution < 1.29 is 9.90 Å². The fourth-order valence-electron chi connectivity index (χ4n) is 6.25. The number of nitrogens with zero attached hydrogens (tertiary/aromatic N) is 3. The average molecular weight is 428 g/mol. The van der Waals surface area contributed by atoms with E-state index in [9.17, 15) is 9.90 Å². The summed E-state index contributed by atoms with van der Waals surface area (Å²) >= 11 is 0. The first-order valence-corrected chi connectivity index (χ1v) is 12.6. The number of piperidine rings is 2. The maximum atomic E-state index is 13.1. The van der Waals surface area contributed by atoms with Crippen LogP contribution < -0.4 is 4.90 Å². The van der Waals surface area contributed by atoms with Gasteiger partial charge < -0.3 is 14.9 Å². The van der Waals surface area contributed by atoms with E-state index in [0.29, 0.717) is 6.54 Å². The molecule has 1 aromatic rings. The minimum atomic E-state index is -0.578. The molecule has 1 amide bonds. The number of carbonyl (C=O) groups is 1. The lowest BCUT2D eigenvalue weighted by atomic mass is 9.66. The van der Waals surface area contributed by atoms with Crippen LogP contribution in [0.3, 0.4) is 0 Å². The van der Waals surface area contributed by atoms with E-state index in [1.165, 1.54) is 24.1 Å². The molecule has 5 heteroatoms. The van der Waals surface area contributed by atoms with Crippen LogP contribution in [0, 0.1) is 5.92 Å². The van der Waals surface area contributed by atoms with Gasteiger partial charge in [-0.2, -0.15) is 0 Å². The third-order valence-electron chi connectivity index (χ3n) is 8.08. The summed E-state index contributed by atoms with van der Waals surface area (Å²) < 4.78 is 0. The van der Waals surface area contributed by atoms with E-state index in [1.807, 2.05) is 0 Å². The Hall–Kier alpha value is -1.59. The minimum absolute atomic E-state index is 0.124. The Morgan fingerprint density at radius 1 is 1.00 bits per heavy atom. The first kappa shape index (κ1) is 22.6. The van der Waals surface area contributed by atoms with E-state index in [2.05, 4.69) is 52.8 Å². The van der Waals surface area contributed by atoms with E-state index < -0.39 is 5.60 Å². The van der Waals surface area contributed by atoms with Crippen molar-refractivity contribution >= 4 is 11.6 Å². The number of rotatable bonds is 6. The standard InChI is InChI=1S/C26H41N3O2/c1-3-27(4-2)22-13-11-21(12-14-22)25-23-10-6-7-15-26(23,31)16-19-29(25)20-24(30)28-17-8-5-9-18-28/h11-14,23,25,31H,3-10,15-20H2,1-2H3/t23-,25+,26-/m1/s1. The monoisotopic (exact) mass is 427 g/mol. The quantitative estimate of drug-likeness (QED) is 0.739. The van der Waals surface area contributed by atoms with Gasteiger partial charge in [0.15, 0.2) is 0 Å². The molecule has 0 spiro atoms. The molecule has 1 N–H and O–H groups in total. The number of anilines is 1. The number of likely N-dealkylation sites (tertiary alicyclic amines) is 2. The van der Waals surface area contributed by atoms with Crippen molar-refractivity contribution in [2.24, 2.45) is 5.92 Å². The second kappa shape index (κ2) is 9.91. The molecule has 3 aliphatic rings. The van der Waals surface area contributed by atoms with Crippen LogP contribution in [0.5, 0.6) is 0 Å². The van der Waals surface area contributed by atoms with Crippen molar-refractivity contribution in [2.75, 3.05) is 44.2 Å². The van der Waals surface area contributed by atoms with Crippen LogP contribution in [0.15, 0.2) is 24.3 Å². The second-order valence-corrected chi connectivity index (χ2v) is 9.83. The molecule has 3 atom stereocenters. The second-order valence-electron chi connectivity index (χ2n) is 9.83. The smallest absolute Gasteiger partial charge is 0.236 e. The number of aliphatic hydroxyl groups is 1. The molecular weight excluding hydrogens is 386 g/mol. The summed E-state index contributed by atoms with van der Waals surface area (Å²) in [6.07, 6.45) is 8.53. The van der Waals surface area contributed by atoms with Crippen LogP contribution in [0.1, 0.15) is 76.8 Å². The maximum absolute atomic E-state index is 13.1. The molecule has 5 nitrogen and oxygen atoms in total. The third-order valence-corrected chi connectivity index (χ3v) is 8.08. The molecule has 1 aromatic carbocycles. The fourth-order valence-corrected chi connectivity index (χ4v) is 6.25. The van der Waals surface area contributed by atoms with Gasteiger partial charge in [-0.15, -0.1) is 0 Å². The summed E-state index contributed by atoms with van der Waals surface area (Å²) in [5.41, 5.74) is 1.93. The normalized spacial score (nSPS) is 29.5. The highest BCUT2D eigenvalue weighted by molar-refractivity contribution is 5.78. The molecule has 0 radical (unpaired) electrons. The Bertz CT molecular complexity index is 727. The van der Waals surface area contributed by atoms with E-state index in [4.69, 9.17) is 0 Å². The molecule has 0 aromatic heterocycles. The van der Waals surface area contributed by atoms with Gasteiger partial charge in [0.05, 0.1) is 12.1 Å². The summed E-state index contributed by atoms with van der Waals surface area (Å²) in [5.74, 6) is 0.481. The zero-order valence-corrected chi connectivity index (χ0v) is 19.6. The van der Waals surface area contributed by atoms with Crippen LogP contribution in [0.2, 0.25) is 0 Å². The Labute approximate surface area is 188 Å². The highest BCUT2D eigenvalue weighted by Gasteiger charge is 2.49. The van der Waals surface area contributed by atoms with Gasteiger partial charge in [-0.3, -0.25) is 9.69 Å². The van der Waals surface area contributed by atoms with Crippen LogP contribution in [-0.2, 0) is 4.79 Å². The number of hydrogen-bond donors (Lipinski definition) is 1. The van der Waals surface area contributed by atoms with Gasteiger partial charge in [-0.25, -0.2) is 0 Å². The lowest BCUT2D eigenvalue weighted by molar-refractivity contribution is -0.145. The van der Waals surface area contributed by atoms with Gasteiger partial charge in [-0.05, 0) is 70.1 Å². The average Bonchev–Trinajstić information content (AvgIpc) is 2.81. The van der Waals surface area contributed by atoms with Crippen LogP contribution in [0.25, 0.3) is 0 Å². The van der Waals surface area contributed by atoms with E-state index in [0.717, 1.165) is 71.2 Å². The SMILES string of the molecule is CCN(CC)c1ccc([C@H]2[C@H]3CCCC[C@@]3(O)CCN2CC(=O)N2CCCCC2)cc1. The fraction of sp³-hybridized carbons (Fsp3) is 0.731. The van der Waals surface area contributed by atoms with Crippen LogP contribution in [0.4, 0.5) is 5.69 Å². The predicted molar refractivity (Wildman–Crippen MR) is 126 cm³/mol. The van der Waals surface area contributed by atoms with E-state index in [1.54, 1.807) is 0 Å². The van der Waals surface area contributed by atoms with Gasteiger partial charge in [-0.1, -0.05) is 25.0 Å². The largest absolute Gasteiger partial charge is 0.389 e. The van der Waals surface area contributed by atoms with Crippen molar-refractivity contribution in [3.63, 3.8) is 0 Å². The molecule has 0 unspecified atom stereocenters. The van der Waals surface area contributed by atoms with Gasteiger partial charge in [0.1, 0.15) is 0 Å². The zero-order chi connectivity index (χ0) is 21.8. The third kappa shape index (κ3) is 4.78. The number of fused-ring (bicyclic) bond motifs is 1. The number of benzene rings is 1. The topological polar surface area (TPSA) is 47.0 Å². The molecule has 1 saturated carbocycles. The number of carbonyl (C=O) groups excluding carboxylic acids is 1. The molecule has 3 fully saturated rings. The molecule has 2 aliphatic heterocycles. The van der Waals surface area contributed by atoms with Gasteiger partial charge in [0, 0.05) is 50.4 Å². The molecule has 0 bridgehead atoms.